The number of benzene rings is 3. The summed E-state index contributed by atoms with van der Waals surface area (Å²) in [5, 5.41) is 2.94. The molecule has 1 aliphatic heterocycles. The highest BCUT2D eigenvalue weighted by molar-refractivity contribution is 7.92. The van der Waals surface area contributed by atoms with Crippen LogP contribution in [-0.4, -0.2) is 27.4 Å². The van der Waals surface area contributed by atoms with Gasteiger partial charge in [0.05, 0.1) is 4.90 Å². The molecular formula is C24H24FN3O3S. The van der Waals surface area contributed by atoms with E-state index >= 15 is 0 Å². The molecule has 6 nitrogen and oxygen atoms in total. The fourth-order valence-electron chi connectivity index (χ4n) is 3.72. The number of hydrogen-bond acceptors (Lipinski definition) is 4. The fourth-order valence-corrected chi connectivity index (χ4v) is 4.78. The number of carbonyl (C=O) groups excluding carboxylic acids is 1. The van der Waals surface area contributed by atoms with Crippen LogP contribution < -0.4 is 14.9 Å². The molecule has 166 valence electrons. The van der Waals surface area contributed by atoms with E-state index in [-0.39, 0.29) is 10.8 Å². The molecule has 0 unspecified atom stereocenters. The maximum absolute atomic E-state index is 13.0. The molecule has 0 aromatic heterocycles. The van der Waals surface area contributed by atoms with Crippen LogP contribution in [-0.2, 0) is 16.6 Å². The second-order valence-electron chi connectivity index (χ2n) is 7.64. The van der Waals surface area contributed by atoms with Crippen LogP contribution in [0.3, 0.4) is 0 Å². The lowest BCUT2D eigenvalue weighted by Crippen LogP contribution is -2.25. The Morgan fingerprint density at radius 2 is 1.56 bits per heavy atom. The minimum absolute atomic E-state index is 0.0441. The van der Waals surface area contributed by atoms with Crippen LogP contribution in [0.5, 0.6) is 0 Å². The van der Waals surface area contributed by atoms with E-state index in [1.807, 2.05) is 18.2 Å². The van der Waals surface area contributed by atoms with Crippen molar-refractivity contribution in [3.05, 3.63) is 89.7 Å². The molecule has 3 aromatic rings. The maximum Gasteiger partial charge on any atom is 0.261 e. The molecule has 0 saturated carbocycles. The molecular weight excluding hydrogens is 429 g/mol. The fraction of sp³-hybridized carbons (Fsp3) is 0.208. The van der Waals surface area contributed by atoms with E-state index in [2.05, 4.69) is 21.0 Å². The van der Waals surface area contributed by atoms with Gasteiger partial charge in [0.2, 0.25) is 0 Å². The molecule has 0 aliphatic carbocycles. The molecule has 1 heterocycles. The molecule has 4 rings (SSSR count). The van der Waals surface area contributed by atoms with Gasteiger partial charge in [-0.25, -0.2) is 12.8 Å². The molecule has 32 heavy (non-hydrogen) atoms. The summed E-state index contributed by atoms with van der Waals surface area (Å²) in [6.45, 7) is 2.46. The summed E-state index contributed by atoms with van der Waals surface area (Å²) in [6.07, 6.45) is 2.36. The van der Waals surface area contributed by atoms with E-state index in [4.69, 9.17) is 0 Å². The Labute approximate surface area is 187 Å². The van der Waals surface area contributed by atoms with Gasteiger partial charge in [-0.2, -0.15) is 0 Å². The van der Waals surface area contributed by atoms with Crippen LogP contribution in [0.15, 0.2) is 77.7 Å². The van der Waals surface area contributed by atoms with E-state index in [9.17, 15) is 17.6 Å². The van der Waals surface area contributed by atoms with Crippen molar-refractivity contribution in [3.8, 4) is 0 Å². The summed E-state index contributed by atoms with van der Waals surface area (Å²) < 4.78 is 40.3. The largest absolute Gasteiger partial charge is 0.371 e. The van der Waals surface area contributed by atoms with Crippen LogP contribution in [0, 0.1) is 5.82 Å². The van der Waals surface area contributed by atoms with Gasteiger partial charge in [-0.15, -0.1) is 0 Å². The zero-order chi connectivity index (χ0) is 22.6. The van der Waals surface area contributed by atoms with Crippen molar-refractivity contribution >= 4 is 27.3 Å². The average Bonchev–Trinajstić information content (AvgIpc) is 3.33. The number of nitrogens with zero attached hydrogens (tertiary/aromatic N) is 1. The van der Waals surface area contributed by atoms with Gasteiger partial charge in [-0.05, 0) is 73.0 Å². The minimum Gasteiger partial charge on any atom is -0.371 e. The van der Waals surface area contributed by atoms with E-state index in [1.54, 1.807) is 12.1 Å². The summed E-state index contributed by atoms with van der Waals surface area (Å²) in [7, 11) is -3.84. The topological polar surface area (TPSA) is 78.5 Å². The van der Waals surface area contributed by atoms with Crippen molar-refractivity contribution in [1.29, 1.82) is 0 Å². The van der Waals surface area contributed by atoms with Crippen LogP contribution in [0.1, 0.15) is 28.8 Å². The molecule has 1 amide bonds. The van der Waals surface area contributed by atoms with Gasteiger partial charge in [-0.1, -0.05) is 18.2 Å². The van der Waals surface area contributed by atoms with Gasteiger partial charge in [0.15, 0.2) is 0 Å². The summed E-state index contributed by atoms with van der Waals surface area (Å²) in [6, 6.07) is 18.8. The number of nitrogens with one attached hydrogen (secondary N) is 2. The molecule has 3 aromatic carbocycles. The van der Waals surface area contributed by atoms with Crippen molar-refractivity contribution in [1.82, 2.24) is 5.32 Å². The minimum atomic E-state index is -3.84. The molecule has 1 saturated heterocycles. The molecule has 8 heteroatoms. The zero-order valence-electron chi connectivity index (χ0n) is 17.4. The number of anilines is 2. The first-order chi connectivity index (χ1) is 15.4. The van der Waals surface area contributed by atoms with Crippen LogP contribution in [0.4, 0.5) is 15.8 Å². The van der Waals surface area contributed by atoms with Crippen molar-refractivity contribution in [2.24, 2.45) is 0 Å². The average molecular weight is 454 g/mol. The summed E-state index contributed by atoms with van der Waals surface area (Å²) in [4.78, 5) is 14.9. The summed E-state index contributed by atoms with van der Waals surface area (Å²) in [5.41, 5.74) is 2.95. The molecule has 1 fully saturated rings. The van der Waals surface area contributed by atoms with Crippen molar-refractivity contribution in [2.75, 3.05) is 22.7 Å². The lowest BCUT2D eigenvalue weighted by Gasteiger charge is -2.21. The smallest absolute Gasteiger partial charge is 0.261 e. The van der Waals surface area contributed by atoms with Crippen molar-refractivity contribution in [2.45, 2.75) is 24.3 Å². The van der Waals surface area contributed by atoms with Gasteiger partial charge in [-0.3, -0.25) is 9.52 Å². The summed E-state index contributed by atoms with van der Waals surface area (Å²) in [5.74, 6) is -0.753. The predicted molar refractivity (Wildman–Crippen MR) is 123 cm³/mol. The van der Waals surface area contributed by atoms with E-state index < -0.39 is 15.8 Å². The number of para-hydroxylation sites is 1. The highest BCUT2D eigenvalue weighted by Gasteiger charge is 2.17. The Hall–Kier alpha value is -3.39. The van der Waals surface area contributed by atoms with Gasteiger partial charge in [0.25, 0.3) is 15.9 Å². The molecule has 0 radical (unpaired) electrons. The predicted octanol–water partition coefficient (Wildman–Crippen LogP) is 4.16. The monoisotopic (exact) mass is 453 g/mol. The number of halogens is 1. The molecule has 0 bridgehead atoms. The molecule has 1 aliphatic rings. The quantitative estimate of drug-likeness (QED) is 0.563. The van der Waals surface area contributed by atoms with Gasteiger partial charge < -0.3 is 10.2 Å². The first kappa shape index (κ1) is 21.8. The van der Waals surface area contributed by atoms with Gasteiger partial charge in [0.1, 0.15) is 5.82 Å². The van der Waals surface area contributed by atoms with E-state index in [0.29, 0.717) is 17.8 Å². The number of rotatable bonds is 7. The first-order valence-electron chi connectivity index (χ1n) is 10.4. The standard InChI is InChI=1S/C24H24FN3O3S/c25-20-9-13-22(14-10-20)32(30,31)27-21-11-7-18(8-12-21)24(29)26-17-19-5-1-2-6-23(19)28-15-3-4-16-28/h1-2,5-14,27H,3-4,15-17H2,(H,26,29). The number of sulfonamides is 1. The van der Waals surface area contributed by atoms with Gasteiger partial charge in [0, 0.05) is 36.6 Å². The Balaban J connectivity index is 1.39. The van der Waals surface area contributed by atoms with E-state index in [0.717, 1.165) is 36.5 Å². The van der Waals surface area contributed by atoms with Crippen LogP contribution in [0.2, 0.25) is 0 Å². The zero-order valence-corrected chi connectivity index (χ0v) is 18.2. The van der Waals surface area contributed by atoms with Gasteiger partial charge >= 0.3 is 0 Å². The maximum atomic E-state index is 13.0. The lowest BCUT2D eigenvalue weighted by atomic mass is 10.1. The molecule has 2 N–H and O–H groups in total. The SMILES string of the molecule is O=C(NCc1ccccc1N1CCCC1)c1ccc(NS(=O)(=O)c2ccc(F)cc2)cc1. The second kappa shape index (κ2) is 9.40. The Bertz CT molecular complexity index is 1190. The summed E-state index contributed by atoms with van der Waals surface area (Å²) >= 11 is 0. The van der Waals surface area contributed by atoms with Crippen molar-refractivity contribution in [3.63, 3.8) is 0 Å². The third-order valence-electron chi connectivity index (χ3n) is 5.40. The Morgan fingerprint density at radius 3 is 2.25 bits per heavy atom. The van der Waals surface area contributed by atoms with E-state index in [1.165, 1.54) is 37.1 Å². The number of hydrogen-bond donors (Lipinski definition) is 2. The Kier molecular flexibility index (Phi) is 6.41. The number of carbonyl (C=O) groups is 1. The number of amides is 1. The normalized spacial score (nSPS) is 13.7. The van der Waals surface area contributed by atoms with Crippen LogP contribution in [0.25, 0.3) is 0 Å². The lowest BCUT2D eigenvalue weighted by molar-refractivity contribution is 0.0951. The molecule has 0 spiro atoms. The second-order valence-corrected chi connectivity index (χ2v) is 9.32. The highest BCUT2D eigenvalue weighted by Crippen LogP contribution is 2.24. The first-order valence-corrected chi connectivity index (χ1v) is 11.9. The third-order valence-corrected chi connectivity index (χ3v) is 6.80. The highest BCUT2D eigenvalue weighted by atomic mass is 32.2. The Morgan fingerprint density at radius 1 is 0.906 bits per heavy atom. The molecule has 0 atom stereocenters. The third kappa shape index (κ3) is 5.08. The van der Waals surface area contributed by atoms with Crippen molar-refractivity contribution < 1.29 is 17.6 Å². The van der Waals surface area contributed by atoms with Crippen LogP contribution >= 0.6 is 0 Å².